The van der Waals surface area contributed by atoms with Crippen molar-refractivity contribution in [1.29, 1.82) is 0 Å². The zero-order chi connectivity index (χ0) is 20.8. The maximum absolute atomic E-state index is 13.1. The van der Waals surface area contributed by atoms with E-state index in [4.69, 9.17) is 14.7 Å². The molecule has 2 aliphatic rings. The van der Waals surface area contributed by atoms with Crippen molar-refractivity contribution in [2.45, 2.75) is 44.6 Å². The molecular formula is C22H28N6O2. The fraction of sp³-hybridized carbons (Fsp3) is 0.545. The quantitative estimate of drug-likeness (QED) is 0.663. The fourth-order valence-electron chi connectivity index (χ4n) is 4.73. The average molecular weight is 409 g/mol. The van der Waals surface area contributed by atoms with Gasteiger partial charge in [-0.3, -0.25) is 14.0 Å². The monoisotopic (exact) mass is 408 g/mol. The minimum absolute atomic E-state index is 0.00802. The Kier molecular flexibility index (Phi) is 4.81. The number of anilines is 1. The lowest BCUT2D eigenvalue weighted by atomic mass is 9.99. The molecule has 1 aliphatic heterocycles. The third kappa shape index (κ3) is 3.29. The molecule has 0 aromatic carbocycles. The number of nitrogens with zero attached hydrogens (tertiary/aromatic N) is 6. The van der Waals surface area contributed by atoms with E-state index in [1.165, 1.54) is 12.8 Å². The molecule has 4 heterocycles. The van der Waals surface area contributed by atoms with Crippen LogP contribution < -0.4 is 10.5 Å². The fourth-order valence-corrected chi connectivity index (χ4v) is 4.73. The molecule has 158 valence electrons. The summed E-state index contributed by atoms with van der Waals surface area (Å²) in [5.41, 5.74) is 2.76. The molecule has 1 atom stereocenters. The van der Waals surface area contributed by atoms with Crippen molar-refractivity contribution in [3.63, 3.8) is 0 Å². The average Bonchev–Trinajstić information content (AvgIpc) is 3.43. The van der Waals surface area contributed by atoms with Gasteiger partial charge in [0.25, 0.3) is 5.56 Å². The van der Waals surface area contributed by atoms with Crippen molar-refractivity contribution in [3.05, 3.63) is 45.9 Å². The van der Waals surface area contributed by atoms with Crippen molar-refractivity contribution in [2.24, 2.45) is 14.1 Å². The van der Waals surface area contributed by atoms with Crippen molar-refractivity contribution in [2.75, 3.05) is 24.6 Å². The van der Waals surface area contributed by atoms with Gasteiger partial charge in [0.2, 0.25) is 0 Å². The summed E-state index contributed by atoms with van der Waals surface area (Å²) in [6.07, 6.45) is 8.38. The molecule has 2 fully saturated rings. The van der Waals surface area contributed by atoms with Gasteiger partial charge in [-0.25, -0.2) is 9.97 Å². The van der Waals surface area contributed by atoms with Gasteiger partial charge in [-0.1, -0.05) is 12.8 Å². The zero-order valence-corrected chi connectivity index (χ0v) is 17.8. The molecule has 3 aromatic rings. The lowest BCUT2D eigenvalue weighted by Gasteiger charge is -2.34. The van der Waals surface area contributed by atoms with Crippen molar-refractivity contribution in [1.82, 2.24) is 24.3 Å². The second-order valence-electron chi connectivity index (χ2n) is 8.52. The summed E-state index contributed by atoms with van der Waals surface area (Å²) < 4.78 is 9.44. The van der Waals surface area contributed by atoms with E-state index in [0.29, 0.717) is 24.5 Å². The molecular weight excluding hydrogens is 380 g/mol. The van der Waals surface area contributed by atoms with Crippen LogP contribution in [-0.2, 0) is 18.8 Å². The Hall–Kier alpha value is -2.74. The lowest BCUT2D eigenvalue weighted by Crippen LogP contribution is -2.39. The Bertz CT molecular complexity index is 1140. The zero-order valence-electron chi connectivity index (χ0n) is 17.8. The van der Waals surface area contributed by atoms with Crippen LogP contribution in [0.1, 0.15) is 54.8 Å². The standard InChI is InChI=1S/C22H28N6O2/c1-14-24-17-10-19(28-8-9-30-18(13-28)16-11-23-26(2)12-16)25-21(15-6-4-5-7-15)20(17)22(29)27(14)3/h10-12,15,18H,4-9,13H2,1-3H3/t18-/m1/s1. The first-order valence-electron chi connectivity index (χ1n) is 10.7. The Balaban J connectivity index is 1.59. The molecule has 1 saturated heterocycles. The highest BCUT2D eigenvalue weighted by Gasteiger charge is 2.28. The van der Waals surface area contributed by atoms with Crippen LogP contribution in [-0.4, -0.2) is 44.0 Å². The van der Waals surface area contributed by atoms with Crippen molar-refractivity contribution >= 4 is 16.7 Å². The smallest absolute Gasteiger partial charge is 0.262 e. The first-order valence-corrected chi connectivity index (χ1v) is 10.7. The number of aromatic nitrogens is 5. The maximum atomic E-state index is 13.1. The summed E-state index contributed by atoms with van der Waals surface area (Å²) in [5, 5.41) is 4.97. The molecule has 0 bridgehead atoms. The van der Waals surface area contributed by atoms with E-state index in [0.717, 1.165) is 47.8 Å². The number of morpholine rings is 1. The second-order valence-corrected chi connectivity index (χ2v) is 8.52. The molecule has 0 amide bonds. The van der Waals surface area contributed by atoms with Gasteiger partial charge in [-0.2, -0.15) is 5.10 Å². The van der Waals surface area contributed by atoms with Gasteiger partial charge in [0.1, 0.15) is 17.7 Å². The lowest BCUT2D eigenvalue weighted by molar-refractivity contribution is 0.0395. The SMILES string of the molecule is Cc1nc2cc(N3CCO[C@@H](c4cnn(C)c4)C3)nc(C3CCCC3)c2c(=O)n1C. The van der Waals surface area contributed by atoms with Crippen LogP contribution in [0.25, 0.3) is 10.9 Å². The molecule has 0 N–H and O–H groups in total. The van der Waals surface area contributed by atoms with Gasteiger partial charge in [0.15, 0.2) is 0 Å². The predicted molar refractivity (Wildman–Crippen MR) is 115 cm³/mol. The molecule has 1 aliphatic carbocycles. The molecule has 3 aromatic heterocycles. The van der Waals surface area contributed by atoms with Gasteiger partial charge >= 0.3 is 0 Å². The molecule has 5 rings (SSSR count). The molecule has 0 radical (unpaired) electrons. The highest BCUT2D eigenvalue weighted by atomic mass is 16.5. The highest BCUT2D eigenvalue weighted by Crippen LogP contribution is 2.37. The van der Waals surface area contributed by atoms with E-state index in [1.54, 1.807) is 16.3 Å². The van der Waals surface area contributed by atoms with Crippen molar-refractivity contribution < 1.29 is 4.74 Å². The minimum Gasteiger partial charge on any atom is -0.370 e. The van der Waals surface area contributed by atoms with Gasteiger partial charge < -0.3 is 9.64 Å². The highest BCUT2D eigenvalue weighted by molar-refractivity contribution is 5.83. The maximum Gasteiger partial charge on any atom is 0.262 e. The Labute approximate surface area is 175 Å². The van der Waals surface area contributed by atoms with Crippen LogP contribution in [0, 0.1) is 6.92 Å². The number of fused-ring (bicyclic) bond motifs is 1. The second kappa shape index (κ2) is 7.50. The Morgan fingerprint density at radius 3 is 2.70 bits per heavy atom. The molecule has 30 heavy (non-hydrogen) atoms. The Morgan fingerprint density at radius 2 is 1.97 bits per heavy atom. The van der Waals surface area contributed by atoms with E-state index < -0.39 is 0 Å². The topological polar surface area (TPSA) is 78.1 Å². The Morgan fingerprint density at radius 1 is 1.17 bits per heavy atom. The van der Waals surface area contributed by atoms with E-state index in [9.17, 15) is 4.79 Å². The minimum atomic E-state index is -0.0433. The number of aryl methyl sites for hydroxylation is 2. The first-order chi connectivity index (χ1) is 14.5. The molecule has 0 spiro atoms. The van der Waals surface area contributed by atoms with E-state index in [2.05, 4.69) is 10.00 Å². The largest absolute Gasteiger partial charge is 0.370 e. The summed E-state index contributed by atoms with van der Waals surface area (Å²) in [6, 6.07) is 1.98. The van der Waals surface area contributed by atoms with Crippen LogP contribution in [0.2, 0.25) is 0 Å². The number of ether oxygens (including phenoxy) is 1. The number of rotatable bonds is 3. The first kappa shape index (κ1) is 19.2. The molecule has 8 heteroatoms. The number of hydrogen-bond donors (Lipinski definition) is 0. The van der Waals surface area contributed by atoms with Crippen LogP contribution >= 0.6 is 0 Å². The van der Waals surface area contributed by atoms with E-state index >= 15 is 0 Å². The van der Waals surface area contributed by atoms with Gasteiger partial charge in [0.05, 0.1) is 29.4 Å². The van der Waals surface area contributed by atoms with Gasteiger partial charge in [-0.05, 0) is 19.8 Å². The third-order valence-electron chi connectivity index (χ3n) is 6.53. The molecule has 0 unspecified atom stereocenters. The summed E-state index contributed by atoms with van der Waals surface area (Å²) in [5.74, 6) is 1.94. The third-order valence-corrected chi connectivity index (χ3v) is 6.53. The normalized spacial score (nSPS) is 20.4. The van der Waals surface area contributed by atoms with Crippen LogP contribution in [0.3, 0.4) is 0 Å². The van der Waals surface area contributed by atoms with Crippen molar-refractivity contribution in [3.8, 4) is 0 Å². The number of hydrogen-bond acceptors (Lipinski definition) is 6. The van der Waals surface area contributed by atoms with E-state index in [1.807, 2.05) is 32.4 Å². The molecule has 8 nitrogen and oxygen atoms in total. The summed E-state index contributed by atoms with van der Waals surface area (Å²) in [7, 11) is 3.70. The van der Waals surface area contributed by atoms with Crippen LogP contribution in [0.4, 0.5) is 5.82 Å². The molecule has 1 saturated carbocycles. The summed E-state index contributed by atoms with van der Waals surface area (Å²) >= 11 is 0. The predicted octanol–water partition coefficient (Wildman–Crippen LogP) is 2.61. The summed E-state index contributed by atoms with van der Waals surface area (Å²) in [6.45, 7) is 3.98. The van der Waals surface area contributed by atoms with Crippen LogP contribution in [0.15, 0.2) is 23.3 Å². The number of pyridine rings is 1. The van der Waals surface area contributed by atoms with Crippen LogP contribution in [0.5, 0.6) is 0 Å². The summed E-state index contributed by atoms with van der Waals surface area (Å²) in [4.78, 5) is 25.2. The van der Waals surface area contributed by atoms with E-state index in [-0.39, 0.29) is 11.7 Å². The van der Waals surface area contributed by atoms with Gasteiger partial charge in [0, 0.05) is 50.9 Å². The van der Waals surface area contributed by atoms with Gasteiger partial charge in [-0.15, -0.1) is 0 Å².